The van der Waals surface area contributed by atoms with E-state index in [1.807, 2.05) is 48.1 Å². The van der Waals surface area contributed by atoms with E-state index in [4.69, 9.17) is 0 Å². The summed E-state index contributed by atoms with van der Waals surface area (Å²) in [6.07, 6.45) is 5.10. The molecule has 1 atom stereocenters. The number of aliphatic hydroxyl groups excluding tert-OH is 1. The number of hydrogen-bond acceptors (Lipinski definition) is 4. The molecule has 3 rings (SSSR count). The summed E-state index contributed by atoms with van der Waals surface area (Å²) < 4.78 is 1.84. The van der Waals surface area contributed by atoms with Crippen molar-refractivity contribution in [2.45, 2.75) is 26.0 Å². The average molecular weight is 283 g/mol. The third kappa shape index (κ3) is 3.00. The zero-order valence-corrected chi connectivity index (χ0v) is 11.8. The van der Waals surface area contributed by atoms with E-state index in [-0.39, 0.29) is 0 Å². The highest BCUT2D eigenvalue weighted by Gasteiger charge is 2.14. The van der Waals surface area contributed by atoms with Gasteiger partial charge in [-0.3, -0.25) is 4.68 Å². The standard InChI is InChI=1S/C15H17N5O/c1-2-19-11-12(9-16-19)8-15(21)14-10-17-20(18-14)13-6-4-3-5-7-13/h3-7,9-11,15,21H,2,8H2,1H3. The number of hydrogen-bond donors (Lipinski definition) is 1. The highest BCUT2D eigenvalue weighted by molar-refractivity contribution is 5.28. The summed E-state index contributed by atoms with van der Waals surface area (Å²) in [6.45, 7) is 2.85. The molecule has 0 fully saturated rings. The Labute approximate surface area is 122 Å². The van der Waals surface area contributed by atoms with Gasteiger partial charge >= 0.3 is 0 Å². The Hall–Kier alpha value is -2.47. The number of nitrogens with zero attached hydrogens (tertiary/aromatic N) is 5. The zero-order chi connectivity index (χ0) is 14.7. The quantitative estimate of drug-likeness (QED) is 0.774. The third-order valence-electron chi connectivity index (χ3n) is 3.28. The number of benzene rings is 1. The van der Waals surface area contributed by atoms with Crippen molar-refractivity contribution in [3.8, 4) is 5.69 Å². The first-order valence-corrected chi connectivity index (χ1v) is 6.93. The molecule has 0 saturated heterocycles. The molecule has 1 unspecified atom stereocenters. The van der Waals surface area contributed by atoms with Crippen molar-refractivity contribution in [2.24, 2.45) is 0 Å². The summed E-state index contributed by atoms with van der Waals surface area (Å²) in [5.74, 6) is 0. The van der Waals surface area contributed by atoms with Gasteiger partial charge in [-0.05, 0) is 24.6 Å². The molecular formula is C15H17N5O. The van der Waals surface area contributed by atoms with Crippen LogP contribution in [0.1, 0.15) is 24.3 Å². The van der Waals surface area contributed by atoms with Gasteiger partial charge in [0.1, 0.15) is 11.8 Å². The molecule has 0 bridgehead atoms. The van der Waals surface area contributed by atoms with E-state index in [9.17, 15) is 5.11 Å². The molecule has 0 amide bonds. The van der Waals surface area contributed by atoms with Crippen LogP contribution in [-0.2, 0) is 13.0 Å². The second-order valence-electron chi connectivity index (χ2n) is 4.82. The third-order valence-corrected chi connectivity index (χ3v) is 3.28. The van der Waals surface area contributed by atoms with Gasteiger partial charge in [-0.15, -0.1) is 0 Å². The average Bonchev–Trinajstić information content (AvgIpc) is 3.17. The lowest BCUT2D eigenvalue weighted by Crippen LogP contribution is -2.04. The van der Waals surface area contributed by atoms with Gasteiger partial charge in [0.05, 0.1) is 18.1 Å². The number of aliphatic hydroxyl groups is 1. The van der Waals surface area contributed by atoms with Gasteiger partial charge in [0, 0.05) is 19.2 Å². The first-order chi connectivity index (χ1) is 10.3. The highest BCUT2D eigenvalue weighted by Crippen LogP contribution is 2.16. The Bertz CT molecular complexity index is 704. The molecule has 2 aromatic heterocycles. The highest BCUT2D eigenvalue weighted by atomic mass is 16.3. The minimum atomic E-state index is -0.683. The van der Waals surface area contributed by atoms with Crippen LogP contribution in [0.4, 0.5) is 0 Å². The maximum atomic E-state index is 10.3. The number of aryl methyl sites for hydroxylation is 1. The molecule has 1 N–H and O–H groups in total. The van der Waals surface area contributed by atoms with Crippen molar-refractivity contribution >= 4 is 0 Å². The molecule has 1 aromatic carbocycles. The monoisotopic (exact) mass is 283 g/mol. The molecule has 6 nitrogen and oxygen atoms in total. The Morgan fingerprint density at radius 1 is 1.14 bits per heavy atom. The second-order valence-corrected chi connectivity index (χ2v) is 4.82. The van der Waals surface area contributed by atoms with Gasteiger partial charge < -0.3 is 5.11 Å². The van der Waals surface area contributed by atoms with Crippen LogP contribution in [0.2, 0.25) is 0 Å². The van der Waals surface area contributed by atoms with Gasteiger partial charge in [-0.2, -0.15) is 20.1 Å². The Morgan fingerprint density at radius 2 is 1.95 bits per heavy atom. The van der Waals surface area contributed by atoms with E-state index in [0.29, 0.717) is 12.1 Å². The van der Waals surface area contributed by atoms with Crippen molar-refractivity contribution in [1.82, 2.24) is 24.8 Å². The predicted octanol–water partition coefficient (Wildman–Crippen LogP) is 1.76. The van der Waals surface area contributed by atoms with E-state index < -0.39 is 6.10 Å². The summed E-state index contributed by atoms with van der Waals surface area (Å²) in [4.78, 5) is 1.52. The Kier molecular flexibility index (Phi) is 3.79. The number of aromatic nitrogens is 5. The van der Waals surface area contributed by atoms with Crippen molar-refractivity contribution in [1.29, 1.82) is 0 Å². The van der Waals surface area contributed by atoms with Gasteiger partial charge in [0.15, 0.2) is 0 Å². The van der Waals surface area contributed by atoms with Gasteiger partial charge in [-0.1, -0.05) is 18.2 Å². The molecule has 0 radical (unpaired) electrons. The van der Waals surface area contributed by atoms with E-state index in [0.717, 1.165) is 17.8 Å². The first-order valence-electron chi connectivity index (χ1n) is 6.93. The summed E-state index contributed by atoms with van der Waals surface area (Å²) in [7, 11) is 0. The molecule has 0 aliphatic carbocycles. The minimum absolute atomic E-state index is 0.480. The lowest BCUT2D eigenvalue weighted by atomic mass is 10.1. The van der Waals surface area contributed by atoms with Gasteiger partial charge in [0.25, 0.3) is 0 Å². The van der Waals surface area contributed by atoms with Gasteiger partial charge in [0.2, 0.25) is 0 Å². The lowest BCUT2D eigenvalue weighted by Gasteiger charge is -2.04. The molecule has 3 aromatic rings. The van der Waals surface area contributed by atoms with Crippen molar-refractivity contribution in [3.63, 3.8) is 0 Å². The van der Waals surface area contributed by atoms with Crippen LogP contribution in [-0.4, -0.2) is 29.9 Å². The topological polar surface area (TPSA) is 68.8 Å². The van der Waals surface area contributed by atoms with Crippen LogP contribution in [0, 0.1) is 0 Å². The molecule has 0 aliphatic rings. The van der Waals surface area contributed by atoms with Crippen molar-refractivity contribution in [3.05, 3.63) is 60.2 Å². The van der Waals surface area contributed by atoms with Crippen molar-refractivity contribution < 1.29 is 5.11 Å². The SMILES string of the molecule is CCn1cc(CC(O)c2cnn(-c3ccccc3)n2)cn1. The molecule has 108 valence electrons. The number of rotatable bonds is 5. The molecule has 0 spiro atoms. The lowest BCUT2D eigenvalue weighted by molar-refractivity contribution is 0.173. The van der Waals surface area contributed by atoms with Crippen LogP contribution < -0.4 is 0 Å². The zero-order valence-electron chi connectivity index (χ0n) is 11.8. The predicted molar refractivity (Wildman–Crippen MR) is 77.9 cm³/mol. The minimum Gasteiger partial charge on any atom is -0.386 e. The van der Waals surface area contributed by atoms with Crippen LogP contribution in [0.25, 0.3) is 5.69 Å². The fourth-order valence-corrected chi connectivity index (χ4v) is 2.13. The smallest absolute Gasteiger partial charge is 0.112 e. The molecular weight excluding hydrogens is 266 g/mol. The first kappa shape index (κ1) is 13.5. The van der Waals surface area contributed by atoms with E-state index in [1.165, 1.54) is 4.80 Å². The van der Waals surface area contributed by atoms with E-state index in [2.05, 4.69) is 15.3 Å². The summed E-state index contributed by atoms with van der Waals surface area (Å²) in [5, 5.41) is 23.0. The fourth-order valence-electron chi connectivity index (χ4n) is 2.13. The van der Waals surface area contributed by atoms with Crippen molar-refractivity contribution in [2.75, 3.05) is 0 Å². The van der Waals surface area contributed by atoms with Crippen LogP contribution in [0.15, 0.2) is 48.9 Å². The van der Waals surface area contributed by atoms with E-state index >= 15 is 0 Å². The number of para-hydroxylation sites is 1. The summed E-state index contributed by atoms with van der Waals surface area (Å²) in [6, 6.07) is 9.62. The fraction of sp³-hybridized carbons (Fsp3) is 0.267. The Morgan fingerprint density at radius 3 is 2.67 bits per heavy atom. The maximum Gasteiger partial charge on any atom is 0.112 e. The van der Waals surface area contributed by atoms with E-state index in [1.54, 1.807) is 12.4 Å². The second kappa shape index (κ2) is 5.88. The summed E-state index contributed by atoms with van der Waals surface area (Å²) in [5.41, 5.74) is 2.41. The summed E-state index contributed by atoms with van der Waals surface area (Å²) >= 11 is 0. The van der Waals surface area contributed by atoms with Crippen LogP contribution >= 0.6 is 0 Å². The van der Waals surface area contributed by atoms with Crippen LogP contribution in [0.3, 0.4) is 0 Å². The Balaban J connectivity index is 1.73. The normalized spacial score (nSPS) is 12.5. The van der Waals surface area contributed by atoms with Gasteiger partial charge in [-0.25, -0.2) is 0 Å². The molecule has 6 heteroatoms. The molecule has 0 aliphatic heterocycles. The molecule has 21 heavy (non-hydrogen) atoms. The maximum absolute atomic E-state index is 10.3. The molecule has 2 heterocycles. The molecule has 0 saturated carbocycles. The largest absolute Gasteiger partial charge is 0.386 e. The van der Waals surface area contributed by atoms with Crippen LogP contribution in [0.5, 0.6) is 0 Å².